The van der Waals surface area contributed by atoms with Gasteiger partial charge >= 0.3 is 0 Å². The first-order valence-corrected chi connectivity index (χ1v) is 11.0. The summed E-state index contributed by atoms with van der Waals surface area (Å²) in [7, 11) is 0. The van der Waals surface area contributed by atoms with E-state index in [1.807, 2.05) is 43.5 Å². The smallest absolute Gasteiger partial charge is 0.263 e. The fourth-order valence-electron chi connectivity index (χ4n) is 3.51. The van der Waals surface area contributed by atoms with Gasteiger partial charge in [0.2, 0.25) is 0 Å². The summed E-state index contributed by atoms with van der Waals surface area (Å²) in [6.45, 7) is 6.82. The van der Waals surface area contributed by atoms with Crippen LogP contribution in [-0.4, -0.2) is 41.7 Å². The predicted molar refractivity (Wildman–Crippen MR) is 119 cm³/mol. The van der Waals surface area contributed by atoms with Gasteiger partial charge in [-0.1, -0.05) is 36.4 Å². The zero-order chi connectivity index (χ0) is 20.9. The number of ether oxygens (including phenoxy) is 1. The number of pyridine rings is 1. The molecular formula is C23H26N4O2S. The van der Waals surface area contributed by atoms with Crippen molar-refractivity contribution >= 4 is 23.1 Å². The second kappa shape index (κ2) is 9.36. The first-order chi connectivity index (χ1) is 14.6. The van der Waals surface area contributed by atoms with Crippen molar-refractivity contribution in [3.8, 4) is 0 Å². The number of aryl methyl sites for hydroxylation is 1. The van der Waals surface area contributed by atoms with Crippen molar-refractivity contribution in [1.29, 1.82) is 0 Å². The zero-order valence-electron chi connectivity index (χ0n) is 17.3. The molecule has 1 saturated heterocycles. The quantitative estimate of drug-likeness (QED) is 0.658. The van der Waals surface area contributed by atoms with Gasteiger partial charge in [0.25, 0.3) is 5.91 Å². The van der Waals surface area contributed by atoms with E-state index in [0.717, 1.165) is 48.2 Å². The lowest BCUT2D eigenvalue weighted by Crippen LogP contribution is -2.41. The molecule has 30 heavy (non-hydrogen) atoms. The number of anilines is 1. The van der Waals surface area contributed by atoms with E-state index in [9.17, 15) is 4.79 Å². The Morgan fingerprint density at radius 2 is 2.07 bits per heavy atom. The van der Waals surface area contributed by atoms with Crippen LogP contribution in [0.1, 0.15) is 38.4 Å². The first-order valence-electron chi connectivity index (χ1n) is 10.2. The molecule has 2 aromatic heterocycles. The number of benzene rings is 1. The van der Waals surface area contributed by atoms with Crippen molar-refractivity contribution in [2.45, 2.75) is 32.9 Å². The molecule has 1 aromatic carbocycles. The molecule has 1 unspecified atom stereocenters. The van der Waals surface area contributed by atoms with Crippen LogP contribution < -0.4 is 10.2 Å². The molecule has 1 atom stereocenters. The van der Waals surface area contributed by atoms with E-state index >= 15 is 0 Å². The van der Waals surface area contributed by atoms with Gasteiger partial charge < -0.3 is 15.0 Å². The standard InChI is InChI=1S/C23H26N4O2S/c1-16-15-27(10-11-29-16)20-9-8-19(13-24-20)14-25-23(28)22-17(2)26-21(30-22)12-18-6-4-3-5-7-18/h3-9,13,16H,10-12,14-15H2,1-2H3,(H,25,28). The minimum absolute atomic E-state index is 0.0876. The third kappa shape index (κ3) is 5.04. The molecule has 7 heteroatoms. The number of hydrogen-bond donors (Lipinski definition) is 1. The van der Waals surface area contributed by atoms with Crippen LogP contribution in [0.15, 0.2) is 48.7 Å². The molecular weight excluding hydrogens is 396 g/mol. The van der Waals surface area contributed by atoms with Gasteiger partial charge in [0.1, 0.15) is 10.7 Å². The fourth-order valence-corrected chi connectivity index (χ4v) is 4.52. The minimum atomic E-state index is -0.0876. The Morgan fingerprint density at radius 1 is 1.23 bits per heavy atom. The lowest BCUT2D eigenvalue weighted by molar-refractivity contribution is 0.0529. The van der Waals surface area contributed by atoms with Crippen molar-refractivity contribution in [1.82, 2.24) is 15.3 Å². The van der Waals surface area contributed by atoms with E-state index in [2.05, 4.69) is 39.2 Å². The highest BCUT2D eigenvalue weighted by atomic mass is 32.1. The molecule has 0 aliphatic carbocycles. The number of carbonyl (C=O) groups is 1. The van der Waals surface area contributed by atoms with Gasteiger partial charge in [-0.15, -0.1) is 11.3 Å². The number of rotatable bonds is 6. The number of nitrogens with zero attached hydrogens (tertiary/aromatic N) is 3. The first kappa shape index (κ1) is 20.5. The van der Waals surface area contributed by atoms with Crippen LogP contribution in [0.4, 0.5) is 5.82 Å². The predicted octanol–water partition coefficient (Wildman–Crippen LogP) is 3.59. The summed E-state index contributed by atoms with van der Waals surface area (Å²) in [6.07, 6.45) is 2.79. The highest BCUT2D eigenvalue weighted by Gasteiger charge is 2.18. The van der Waals surface area contributed by atoms with Crippen LogP contribution in [0.5, 0.6) is 0 Å². The van der Waals surface area contributed by atoms with E-state index in [1.54, 1.807) is 0 Å². The lowest BCUT2D eigenvalue weighted by atomic mass is 10.2. The van der Waals surface area contributed by atoms with Crippen LogP contribution in [0.25, 0.3) is 0 Å². The number of nitrogens with one attached hydrogen (secondary N) is 1. The van der Waals surface area contributed by atoms with Gasteiger partial charge in [-0.05, 0) is 31.0 Å². The average molecular weight is 423 g/mol. The third-order valence-corrected chi connectivity index (χ3v) is 6.23. The van der Waals surface area contributed by atoms with E-state index in [4.69, 9.17) is 4.74 Å². The number of hydrogen-bond acceptors (Lipinski definition) is 6. The maximum atomic E-state index is 12.7. The third-order valence-electron chi connectivity index (χ3n) is 5.07. The maximum Gasteiger partial charge on any atom is 0.263 e. The Kier molecular flexibility index (Phi) is 6.40. The second-order valence-electron chi connectivity index (χ2n) is 7.52. The van der Waals surface area contributed by atoms with E-state index in [-0.39, 0.29) is 12.0 Å². The number of amides is 1. The lowest BCUT2D eigenvalue weighted by Gasteiger charge is -2.32. The van der Waals surface area contributed by atoms with Crippen molar-refractivity contribution in [2.75, 3.05) is 24.6 Å². The minimum Gasteiger partial charge on any atom is -0.375 e. The van der Waals surface area contributed by atoms with Gasteiger partial charge in [-0.25, -0.2) is 9.97 Å². The molecule has 3 aromatic rings. The summed E-state index contributed by atoms with van der Waals surface area (Å²) >= 11 is 1.46. The van der Waals surface area contributed by atoms with Gasteiger partial charge in [0, 0.05) is 32.3 Å². The van der Waals surface area contributed by atoms with Crippen LogP contribution in [0, 0.1) is 6.92 Å². The Morgan fingerprint density at radius 3 is 2.80 bits per heavy atom. The Labute approximate surface area is 180 Å². The van der Waals surface area contributed by atoms with Crippen molar-refractivity contribution < 1.29 is 9.53 Å². The molecule has 6 nitrogen and oxygen atoms in total. The Bertz CT molecular complexity index is 988. The highest BCUT2D eigenvalue weighted by molar-refractivity contribution is 7.13. The summed E-state index contributed by atoms with van der Waals surface area (Å²) in [5.74, 6) is 0.861. The number of thiazole rings is 1. The molecule has 156 valence electrons. The van der Waals surface area contributed by atoms with Gasteiger partial charge in [0.05, 0.1) is 23.4 Å². The van der Waals surface area contributed by atoms with E-state index in [0.29, 0.717) is 11.4 Å². The van der Waals surface area contributed by atoms with Crippen LogP contribution in [0.2, 0.25) is 0 Å². The van der Waals surface area contributed by atoms with Crippen molar-refractivity contribution in [2.24, 2.45) is 0 Å². The zero-order valence-corrected chi connectivity index (χ0v) is 18.1. The van der Waals surface area contributed by atoms with Gasteiger partial charge in [-0.3, -0.25) is 4.79 Å². The molecule has 1 N–H and O–H groups in total. The summed E-state index contributed by atoms with van der Waals surface area (Å²) in [5.41, 5.74) is 2.94. The van der Waals surface area contributed by atoms with E-state index in [1.165, 1.54) is 16.9 Å². The Balaban J connectivity index is 1.34. The highest BCUT2D eigenvalue weighted by Crippen LogP contribution is 2.21. The van der Waals surface area contributed by atoms with Crippen molar-refractivity contribution in [3.05, 3.63) is 75.4 Å². The summed E-state index contributed by atoms with van der Waals surface area (Å²) < 4.78 is 5.58. The molecule has 1 aliphatic heterocycles. The summed E-state index contributed by atoms with van der Waals surface area (Å²) in [5, 5.41) is 3.95. The average Bonchev–Trinajstić information content (AvgIpc) is 3.13. The summed E-state index contributed by atoms with van der Waals surface area (Å²) in [6, 6.07) is 14.2. The molecule has 0 radical (unpaired) electrons. The molecule has 1 amide bonds. The van der Waals surface area contributed by atoms with Crippen molar-refractivity contribution in [3.63, 3.8) is 0 Å². The molecule has 3 heterocycles. The van der Waals surface area contributed by atoms with Crippen LogP contribution in [-0.2, 0) is 17.7 Å². The van der Waals surface area contributed by atoms with Crippen LogP contribution in [0.3, 0.4) is 0 Å². The molecule has 4 rings (SSSR count). The van der Waals surface area contributed by atoms with Crippen LogP contribution >= 0.6 is 11.3 Å². The number of morpholine rings is 1. The molecule has 0 bridgehead atoms. The number of aromatic nitrogens is 2. The second-order valence-corrected chi connectivity index (χ2v) is 8.60. The SMILES string of the molecule is Cc1nc(Cc2ccccc2)sc1C(=O)NCc1ccc(N2CCOC(C)C2)nc1. The molecule has 0 saturated carbocycles. The van der Waals surface area contributed by atoms with E-state index < -0.39 is 0 Å². The maximum absolute atomic E-state index is 12.7. The summed E-state index contributed by atoms with van der Waals surface area (Å²) in [4.78, 5) is 24.7. The fraction of sp³-hybridized carbons (Fsp3) is 0.348. The monoisotopic (exact) mass is 422 g/mol. The number of carbonyl (C=O) groups excluding carboxylic acids is 1. The molecule has 1 fully saturated rings. The largest absolute Gasteiger partial charge is 0.375 e. The van der Waals surface area contributed by atoms with Gasteiger partial charge in [-0.2, -0.15) is 0 Å². The Hall–Kier alpha value is -2.77. The molecule has 0 spiro atoms. The topological polar surface area (TPSA) is 67.4 Å². The van der Waals surface area contributed by atoms with Gasteiger partial charge in [0.15, 0.2) is 0 Å². The molecule has 1 aliphatic rings. The normalized spacial score (nSPS) is 16.5.